The summed E-state index contributed by atoms with van der Waals surface area (Å²) in [5.41, 5.74) is 2.46. The number of carbonyl (C=O) groups is 1. The summed E-state index contributed by atoms with van der Waals surface area (Å²) >= 11 is 0. The molecular formula is C22H24N4O3. The van der Waals surface area contributed by atoms with Crippen LogP contribution < -0.4 is 5.32 Å². The highest BCUT2D eigenvalue weighted by Crippen LogP contribution is 2.16. The van der Waals surface area contributed by atoms with Gasteiger partial charge in [0.25, 0.3) is 5.91 Å². The highest BCUT2D eigenvalue weighted by Gasteiger charge is 2.16. The minimum absolute atomic E-state index is 0.116. The summed E-state index contributed by atoms with van der Waals surface area (Å²) in [5.74, 6) is 0.669. The van der Waals surface area contributed by atoms with Crippen molar-refractivity contribution in [1.29, 1.82) is 0 Å². The largest absolute Gasteiger partial charge is 0.381 e. The molecule has 1 aliphatic heterocycles. The third kappa shape index (κ3) is 5.07. The average Bonchev–Trinajstić information content (AvgIpc) is 3.32. The Hall–Kier alpha value is -3.03. The van der Waals surface area contributed by atoms with E-state index in [-0.39, 0.29) is 12.0 Å². The molecule has 150 valence electrons. The lowest BCUT2D eigenvalue weighted by Crippen LogP contribution is -2.26. The maximum absolute atomic E-state index is 12.7. The molecule has 0 aliphatic carbocycles. The van der Waals surface area contributed by atoms with Crippen molar-refractivity contribution < 1.29 is 14.3 Å². The number of amides is 1. The van der Waals surface area contributed by atoms with Crippen LogP contribution in [0, 0.1) is 0 Å². The minimum atomic E-state index is -0.116. The molecule has 1 aliphatic rings. The first-order valence-electron chi connectivity index (χ1n) is 9.78. The molecule has 7 heteroatoms. The summed E-state index contributed by atoms with van der Waals surface area (Å²) in [6.45, 7) is 2.31. The monoisotopic (exact) mass is 392 g/mol. The van der Waals surface area contributed by atoms with Gasteiger partial charge in [-0.25, -0.2) is 9.97 Å². The number of carbonyl (C=O) groups excluding carboxylic acids is 1. The van der Waals surface area contributed by atoms with E-state index in [0.29, 0.717) is 18.7 Å². The SMILES string of the molecule is O=C(NCc1ccc(-n2ccnc2)nc1)c1ccccc1COC1CCOCC1. The van der Waals surface area contributed by atoms with Crippen LogP contribution in [0.4, 0.5) is 0 Å². The fourth-order valence-electron chi connectivity index (χ4n) is 3.26. The van der Waals surface area contributed by atoms with Crippen LogP contribution >= 0.6 is 0 Å². The molecular weight excluding hydrogens is 368 g/mol. The summed E-state index contributed by atoms with van der Waals surface area (Å²) in [4.78, 5) is 21.2. The third-order valence-corrected chi connectivity index (χ3v) is 4.94. The molecule has 3 aromatic rings. The molecule has 1 N–H and O–H groups in total. The van der Waals surface area contributed by atoms with Gasteiger partial charge in [0.2, 0.25) is 0 Å². The van der Waals surface area contributed by atoms with Crippen LogP contribution in [0.3, 0.4) is 0 Å². The van der Waals surface area contributed by atoms with E-state index in [1.165, 1.54) is 0 Å². The first kappa shape index (κ1) is 19.3. The van der Waals surface area contributed by atoms with E-state index in [2.05, 4.69) is 15.3 Å². The first-order chi connectivity index (χ1) is 14.3. The summed E-state index contributed by atoms with van der Waals surface area (Å²) in [6, 6.07) is 11.4. The van der Waals surface area contributed by atoms with E-state index >= 15 is 0 Å². The van der Waals surface area contributed by atoms with Crippen molar-refractivity contribution in [2.75, 3.05) is 13.2 Å². The van der Waals surface area contributed by atoms with Crippen molar-refractivity contribution in [2.45, 2.75) is 32.1 Å². The Labute approximate surface area is 169 Å². The molecule has 1 amide bonds. The van der Waals surface area contributed by atoms with Gasteiger partial charge in [-0.2, -0.15) is 0 Å². The molecule has 0 spiro atoms. The summed E-state index contributed by atoms with van der Waals surface area (Å²) < 4.78 is 13.2. The molecule has 29 heavy (non-hydrogen) atoms. The van der Waals surface area contributed by atoms with Crippen molar-refractivity contribution in [3.05, 3.63) is 78.0 Å². The van der Waals surface area contributed by atoms with E-state index in [0.717, 1.165) is 43.0 Å². The number of rotatable bonds is 7. The zero-order chi connectivity index (χ0) is 19.9. The van der Waals surface area contributed by atoms with E-state index in [1.54, 1.807) is 18.7 Å². The van der Waals surface area contributed by atoms with Gasteiger partial charge in [0.05, 0.1) is 12.7 Å². The predicted molar refractivity (Wildman–Crippen MR) is 108 cm³/mol. The average molecular weight is 392 g/mol. The van der Waals surface area contributed by atoms with Crippen molar-refractivity contribution in [2.24, 2.45) is 0 Å². The molecule has 2 aromatic heterocycles. The van der Waals surface area contributed by atoms with E-state index in [1.807, 2.05) is 47.2 Å². The zero-order valence-corrected chi connectivity index (χ0v) is 16.2. The van der Waals surface area contributed by atoms with Crippen molar-refractivity contribution in [3.8, 4) is 5.82 Å². The molecule has 1 saturated heterocycles. The van der Waals surface area contributed by atoms with Crippen molar-refractivity contribution in [1.82, 2.24) is 19.9 Å². The first-order valence-corrected chi connectivity index (χ1v) is 9.78. The summed E-state index contributed by atoms with van der Waals surface area (Å²) in [5, 5.41) is 2.97. The zero-order valence-electron chi connectivity index (χ0n) is 16.2. The molecule has 7 nitrogen and oxygen atoms in total. The number of nitrogens with one attached hydrogen (secondary N) is 1. The van der Waals surface area contributed by atoms with Gasteiger partial charge < -0.3 is 14.8 Å². The highest BCUT2D eigenvalue weighted by molar-refractivity contribution is 5.95. The van der Waals surface area contributed by atoms with Gasteiger partial charge in [-0.15, -0.1) is 0 Å². The Morgan fingerprint density at radius 1 is 1.21 bits per heavy atom. The normalized spacial score (nSPS) is 14.6. The molecule has 3 heterocycles. The lowest BCUT2D eigenvalue weighted by molar-refractivity contribution is -0.0392. The number of hydrogen-bond donors (Lipinski definition) is 1. The quantitative estimate of drug-likeness (QED) is 0.669. The van der Waals surface area contributed by atoms with E-state index in [4.69, 9.17) is 9.47 Å². The fraction of sp³-hybridized carbons (Fsp3) is 0.318. The smallest absolute Gasteiger partial charge is 0.251 e. The lowest BCUT2D eigenvalue weighted by atomic mass is 10.1. The Kier molecular flexibility index (Phi) is 6.29. The second kappa shape index (κ2) is 9.45. The standard InChI is InChI=1S/C22H24N4O3/c27-22(25-14-17-5-6-21(24-13-17)26-10-9-23-16-26)20-4-2-1-3-18(20)15-29-19-7-11-28-12-8-19/h1-6,9-10,13,16,19H,7-8,11-12,14-15H2,(H,25,27). The van der Waals surface area contributed by atoms with Gasteiger partial charge in [0.15, 0.2) is 0 Å². The van der Waals surface area contributed by atoms with Crippen LogP contribution in [-0.2, 0) is 22.6 Å². The maximum Gasteiger partial charge on any atom is 0.251 e. The molecule has 0 bridgehead atoms. The number of aromatic nitrogens is 3. The van der Waals surface area contributed by atoms with Gasteiger partial charge >= 0.3 is 0 Å². The van der Waals surface area contributed by atoms with Gasteiger partial charge in [0, 0.05) is 43.9 Å². The Balaban J connectivity index is 1.34. The Bertz CT molecular complexity index is 919. The Morgan fingerprint density at radius 3 is 2.83 bits per heavy atom. The van der Waals surface area contributed by atoms with Crippen LogP contribution in [0.2, 0.25) is 0 Å². The number of nitrogens with zero attached hydrogens (tertiary/aromatic N) is 3. The van der Waals surface area contributed by atoms with Gasteiger partial charge in [-0.05, 0) is 36.1 Å². The number of ether oxygens (including phenoxy) is 2. The molecule has 0 atom stereocenters. The van der Waals surface area contributed by atoms with Crippen molar-refractivity contribution >= 4 is 5.91 Å². The van der Waals surface area contributed by atoms with Gasteiger partial charge in [-0.1, -0.05) is 24.3 Å². The van der Waals surface area contributed by atoms with Crippen LogP contribution in [-0.4, -0.2) is 39.8 Å². The fourth-order valence-corrected chi connectivity index (χ4v) is 3.26. The lowest BCUT2D eigenvalue weighted by Gasteiger charge is -2.23. The van der Waals surface area contributed by atoms with Crippen LogP contribution in [0.1, 0.15) is 34.3 Å². The second-order valence-electron chi connectivity index (χ2n) is 6.96. The van der Waals surface area contributed by atoms with Crippen LogP contribution in [0.15, 0.2) is 61.3 Å². The topological polar surface area (TPSA) is 78.3 Å². The number of imidazole rings is 1. The molecule has 1 aromatic carbocycles. The van der Waals surface area contributed by atoms with Gasteiger partial charge in [-0.3, -0.25) is 9.36 Å². The van der Waals surface area contributed by atoms with E-state index < -0.39 is 0 Å². The van der Waals surface area contributed by atoms with Crippen molar-refractivity contribution in [3.63, 3.8) is 0 Å². The molecule has 4 rings (SSSR count). The number of benzene rings is 1. The molecule has 1 fully saturated rings. The maximum atomic E-state index is 12.7. The minimum Gasteiger partial charge on any atom is -0.381 e. The number of hydrogen-bond acceptors (Lipinski definition) is 5. The Morgan fingerprint density at radius 2 is 2.07 bits per heavy atom. The number of pyridine rings is 1. The van der Waals surface area contributed by atoms with Gasteiger partial charge in [0.1, 0.15) is 12.1 Å². The predicted octanol–water partition coefficient (Wildman–Crippen LogP) is 2.89. The molecule has 0 saturated carbocycles. The summed E-state index contributed by atoms with van der Waals surface area (Å²) in [6.07, 6.45) is 8.99. The molecule has 0 radical (unpaired) electrons. The summed E-state index contributed by atoms with van der Waals surface area (Å²) in [7, 11) is 0. The second-order valence-corrected chi connectivity index (χ2v) is 6.96. The van der Waals surface area contributed by atoms with Crippen LogP contribution in [0.5, 0.6) is 0 Å². The molecule has 0 unspecified atom stereocenters. The highest BCUT2D eigenvalue weighted by atomic mass is 16.5. The third-order valence-electron chi connectivity index (χ3n) is 4.94. The van der Waals surface area contributed by atoms with Crippen LogP contribution in [0.25, 0.3) is 5.82 Å². The van der Waals surface area contributed by atoms with E-state index in [9.17, 15) is 4.79 Å².